The van der Waals surface area contributed by atoms with Crippen LogP contribution in [0.3, 0.4) is 0 Å². The van der Waals surface area contributed by atoms with Crippen LogP contribution in [0.1, 0.15) is 6.92 Å². The number of halogens is 1. The Labute approximate surface area is 144 Å². The molecule has 0 amide bonds. The number of rotatable bonds is 2. The number of benzene rings is 2. The van der Waals surface area contributed by atoms with Crippen LogP contribution in [-0.4, -0.2) is 25.7 Å². The predicted molar refractivity (Wildman–Crippen MR) is 97.6 cm³/mol. The Balaban J connectivity index is 1.76. The third kappa shape index (κ3) is 3.15. The minimum absolute atomic E-state index is 0.120. The maximum absolute atomic E-state index is 13.4. The summed E-state index contributed by atoms with van der Waals surface area (Å²) in [5, 5.41) is 3.95. The van der Waals surface area contributed by atoms with E-state index < -0.39 is 0 Å². The van der Waals surface area contributed by atoms with E-state index in [1.165, 1.54) is 18.2 Å². The summed E-state index contributed by atoms with van der Waals surface area (Å²) < 4.78 is 19.3. The van der Waals surface area contributed by atoms with Gasteiger partial charge in [-0.3, -0.25) is 4.79 Å². The lowest BCUT2D eigenvalue weighted by Gasteiger charge is -2.33. The summed E-state index contributed by atoms with van der Waals surface area (Å²) in [4.78, 5) is 14.8. The van der Waals surface area contributed by atoms with Gasteiger partial charge in [0.05, 0.1) is 5.39 Å². The molecule has 0 radical (unpaired) electrons. The molecule has 0 bridgehead atoms. The molecule has 1 N–H and O–H groups in total. The van der Waals surface area contributed by atoms with Crippen LogP contribution in [0.2, 0.25) is 0 Å². The van der Waals surface area contributed by atoms with Crippen molar-refractivity contribution in [3.05, 3.63) is 64.6 Å². The first-order chi connectivity index (χ1) is 12.1. The minimum atomic E-state index is -0.358. The van der Waals surface area contributed by atoms with Crippen LogP contribution in [0.5, 0.6) is 0 Å². The summed E-state index contributed by atoms with van der Waals surface area (Å²) in [5.74, 6) is 0.0176. The summed E-state index contributed by atoms with van der Waals surface area (Å²) in [5.41, 5.74) is 1.97. The second-order valence-electron chi connectivity index (χ2n) is 6.47. The van der Waals surface area contributed by atoms with Gasteiger partial charge in [-0.1, -0.05) is 12.1 Å². The highest BCUT2D eigenvalue weighted by Gasteiger charge is 2.17. The quantitative estimate of drug-likeness (QED) is 0.778. The SMILES string of the molecule is C[C@H]1CN(c2ccc3oc(-c4cccc(F)c4)cc(=O)c3c2)CCN1. The molecule has 128 valence electrons. The van der Waals surface area contributed by atoms with Crippen LogP contribution in [0.4, 0.5) is 10.1 Å². The van der Waals surface area contributed by atoms with Crippen molar-refractivity contribution in [3.8, 4) is 11.3 Å². The molecule has 1 fully saturated rings. The van der Waals surface area contributed by atoms with Crippen LogP contribution >= 0.6 is 0 Å². The zero-order chi connectivity index (χ0) is 17.4. The predicted octanol–water partition coefficient (Wildman–Crippen LogP) is 3.40. The number of hydrogen-bond donors (Lipinski definition) is 1. The second kappa shape index (κ2) is 6.33. The smallest absolute Gasteiger partial charge is 0.193 e. The molecule has 0 aliphatic carbocycles. The maximum atomic E-state index is 13.4. The number of piperazine rings is 1. The molecule has 25 heavy (non-hydrogen) atoms. The molecule has 1 aromatic heterocycles. The Morgan fingerprint density at radius 2 is 2.08 bits per heavy atom. The van der Waals surface area contributed by atoms with Gasteiger partial charge in [0.2, 0.25) is 0 Å². The Bertz CT molecular complexity index is 983. The van der Waals surface area contributed by atoms with Gasteiger partial charge in [0.1, 0.15) is 17.2 Å². The topological polar surface area (TPSA) is 45.5 Å². The number of anilines is 1. The van der Waals surface area contributed by atoms with Crippen molar-refractivity contribution in [3.63, 3.8) is 0 Å². The largest absolute Gasteiger partial charge is 0.456 e. The van der Waals surface area contributed by atoms with E-state index in [1.54, 1.807) is 12.1 Å². The summed E-state index contributed by atoms with van der Waals surface area (Å²) >= 11 is 0. The number of fused-ring (bicyclic) bond motifs is 1. The van der Waals surface area contributed by atoms with Crippen molar-refractivity contribution in [1.82, 2.24) is 5.32 Å². The first-order valence-electron chi connectivity index (χ1n) is 8.42. The zero-order valence-corrected chi connectivity index (χ0v) is 14.0. The van der Waals surface area contributed by atoms with Crippen LogP contribution in [0.25, 0.3) is 22.3 Å². The summed E-state index contributed by atoms with van der Waals surface area (Å²) in [6.07, 6.45) is 0. The van der Waals surface area contributed by atoms with E-state index in [2.05, 4.69) is 17.1 Å². The van der Waals surface area contributed by atoms with Gasteiger partial charge >= 0.3 is 0 Å². The summed E-state index contributed by atoms with van der Waals surface area (Å²) in [6.45, 7) is 4.87. The lowest BCUT2D eigenvalue weighted by Crippen LogP contribution is -2.49. The number of hydrogen-bond acceptors (Lipinski definition) is 4. The van der Waals surface area contributed by atoms with Gasteiger partial charge in [0.25, 0.3) is 0 Å². The highest BCUT2D eigenvalue weighted by molar-refractivity contribution is 5.82. The molecule has 5 heteroatoms. The molecular weight excluding hydrogens is 319 g/mol. The molecule has 4 nitrogen and oxygen atoms in total. The molecular formula is C20H19FN2O2. The molecule has 1 atom stereocenters. The number of nitrogens with zero attached hydrogens (tertiary/aromatic N) is 1. The van der Waals surface area contributed by atoms with Crippen molar-refractivity contribution in [2.24, 2.45) is 0 Å². The van der Waals surface area contributed by atoms with Crippen molar-refractivity contribution >= 4 is 16.7 Å². The van der Waals surface area contributed by atoms with E-state index in [0.717, 1.165) is 25.3 Å². The van der Waals surface area contributed by atoms with E-state index in [-0.39, 0.29) is 11.2 Å². The highest BCUT2D eigenvalue weighted by Crippen LogP contribution is 2.26. The Morgan fingerprint density at radius 1 is 1.20 bits per heavy atom. The molecule has 2 heterocycles. The fraction of sp³-hybridized carbons (Fsp3) is 0.250. The molecule has 0 saturated carbocycles. The third-order valence-corrected chi connectivity index (χ3v) is 4.55. The molecule has 4 rings (SSSR count). The molecule has 0 unspecified atom stereocenters. The molecule has 1 aliphatic heterocycles. The van der Waals surface area contributed by atoms with Crippen LogP contribution in [-0.2, 0) is 0 Å². The minimum Gasteiger partial charge on any atom is -0.456 e. The highest BCUT2D eigenvalue weighted by atomic mass is 19.1. The molecule has 0 spiro atoms. The van der Waals surface area contributed by atoms with Gasteiger partial charge in [-0.25, -0.2) is 4.39 Å². The van der Waals surface area contributed by atoms with Gasteiger partial charge in [0.15, 0.2) is 5.43 Å². The normalized spacial score (nSPS) is 17.8. The van der Waals surface area contributed by atoms with Gasteiger partial charge in [-0.2, -0.15) is 0 Å². The molecule has 3 aromatic rings. The zero-order valence-electron chi connectivity index (χ0n) is 14.0. The van der Waals surface area contributed by atoms with Gasteiger partial charge in [0, 0.05) is 43.0 Å². The fourth-order valence-electron chi connectivity index (χ4n) is 3.29. The Morgan fingerprint density at radius 3 is 2.88 bits per heavy atom. The van der Waals surface area contributed by atoms with E-state index in [1.807, 2.05) is 18.2 Å². The standard InChI is InChI=1S/C20H19FN2O2/c1-13-12-23(8-7-22-13)16-5-6-19-17(10-16)18(24)11-20(25-19)14-3-2-4-15(21)9-14/h2-6,9-11,13,22H,7-8,12H2,1H3/t13-/m0/s1. The first kappa shape index (κ1) is 15.8. The average Bonchev–Trinajstić information content (AvgIpc) is 2.61. The van der Waals surface area contributed by atoms with Gasteiger partial charge in [-0.15, -0.1) is 0 Å². The average molecular weight is 338 g/mol. The maximum Gasteiger partial charge on any atom is 0.193 e. The first-order valence-corrected chi connectivity index (χ1v) is 8.42. The van der Waals surface area contributed by atoms with Gasteiger partial charge in [-0.05, 0) is 37.3 Å². The molecule has 1 saturated heterocycles. The van der Waals surface area contributed by atoms with Crippen molar-refractivity contribution < 1.29 is 8.81 Å². The third-order valence-electron chi connectivity index (χ3n) is 4.55. The van der Waals surface area contributed by atoms with Crippen LogP contribution in [0, 0.1) is 5.82 Å². The Hall–Kier alpha value is -2.66. The van der Waals surface area contributed by atoms with Gasteiger partial charge < -0.3 is 14.6 Å². The lowest BCUT2D eigenvalue weighted by molar-refractivity contribution is 0.485. The van der Waals surface area contributed by atoms with Crippen LogP contribution in [0.15, 0.2) is 57.7 Å². The Kier molecular flexibility index (Phi) is 4.01. The monoisotopic (exact) mass is 338 g/mol. The number of nitrogens with one attached hydrogen (secondary N) is 1. The van der Waals surface area contributed by atoms with Crippen molar-refractivity contribution in [2.45, 2.75) is 13.0 Å². The van der Waals surface area contributed by atoms with E-state index in [9.17, 15) is 9.18 Å². The second-order valence-corrected chi connectivity index (χ2v) is 6.47. The summed E-state index contributed by atoms with van der Waals surface area (Å²) in [6, 6.07) is 13.6. The summed E-state index contributed by atoms with van der Waals surface area (Å²) in [7, 11) is 0. The van der Waals surface area contributed by atoms with Crippen molar-refractivity contribution in [1.29, 1.82) is 0 Å². The fourth-order valence-corrected chi connectivity index (χ4v) is 3.29. The molecule has 1 aliphatic rings. The van der Waals surface area contributed by atoms with Crippen molar-refractivity contribution in [2.75, 3.05) is 24.5 Å². The van der Waals surface area contributed by atoms with E-state index in [4.69, 9.17) is 4.42 Å². The van der Waals surface area contributed by atoms with E-state index >= 15 is 0 Å². The van der Waals surface area contributed by atoms with Crippen LogP contribution < -0.4 is 15.6 Å². The molecule has 2 aromatic carbocycles. The van der Waals surface area contributed by atoms with E-state index in [0.29, 0.717) is 28.3 Å². The lowest BCUT2D eigenvalue weighted by atomic mass is 10.1.